The number of fused-ring (bicyclic) bond motifs is 1. The normalized spacial score (nSPS) is 19.5. The SMILES string of the molecule is CC[N+](C)(C/C=C/C1=C(C(=O)OCc2ccc(OC)cc2)N2C(=O)[C@@H](NC(=O)Cc3ccccc3)[C@H]2SC1)CC(N)=O. The van der Waals surface area contributed by atoms with Crippen LogP contribution in [0.4, 0.5) is 0 Å². The molecule has 2 aromatic carbocycles. The van der Waals surface area contributed by atoms with Crippen molar-refractivity contribution >= 4 is 35.5 Å². The zero-order valence-corrected chi connectivity index (χ0v) is 24.9. The van der Waals surface area contributed by atoms with Gasteiger partial charge in [0, 0.05) is 5.75 Å². The number of benzene rings is 2. The van der Waals surface area contributed by atoms with Crippen LogP contribution in [-0.2, 0) is 36.9 Å². The molecule has 10 nitrogen and oxygen atoms in total. The minimum atomic E-state index is -0.739. The summed E-state index contributed by atoms with van der Waals surface area (Å²) in [6.07, 6.45) is 3.86. The number of amides is 3. The van der Waals surface area contributed by atoms with Gasteiger partial charge in [-0.15, -0.1) is 11.8 Å². The zero-order valence-electron chi connectivity index (χ0n) is 24.1. The summed E-state index contributed by atoms with van der Waals surface area (Å²) in [6.45, 7) is 3.38. The summed E-state index contributed by atoms with van der Waals surface area (Å²) in [5, 5.41) is 2.42. The first-order chi connectivity index (χ1) is 20.1. The molecule has 2 heterocycles. The number of hydrogen-bond acceptors (Lipinski definition) is 7. The Morgan fingerprint density at radius 1 is 1.12 bits per heavy atom. The van der Waals surface area contributed by atoms with Gasteiger partial charge in [0.25, 0.3) is 11.8 Å². The van der Waals surface area contributed by atoms with E-state index < -0.39 is 23.3 Å². The van der Waals surface area contributed by atoms with Crippen LogP contribution in [0.3, 0.4) is 0 Å². The maximum atomic E-state index is 13.5. The molecule has 3 amide bonds. The van der Waals surface area contributed by atoms with Crippen molar-refractivity contribution in [1.82, 2.24) is 10.2 Å². The van der Waals surface area contributed by atoms with Gasteiger partial charge in [0.1, 0.15) is 29.5 Å². The highest BCUT2D eigenvalue weighted by molar-refractivity contribution is 8.00. The molecule has 2 aliphatic rings. The Morgan fingerprint density at radius 2 is 1.83 bits per heavy atom. The van der Waals surface area contributed by atoms with E-state index >= 15 is 0 Å². The van der Waals surface area contributed by atoms with Crippen molar-refractivity contribution in [2.24, 2.45) is 5.73 Å². The molecule has 2 aromatic rings. The first-order valence-electron chi connectivity index (χ1n) is 13.7. The number of esters is 1. The average molecular weight is 594 g/mol. The van der Waals surface area contributed by atoms with E-state index in [0.29, 0.717) is 34.6 Å². The molecule has 3 N–H and O–H groups in total. The molecule has 0 radical (unpaired) electrons. The van der Waals surface area contributed by atoms with E-state index in [0.717, 1.165) is 11.1 Å². The third-order valence-corrected chi connectivity index (χ3v) is 8.71. The van der Waals surface area contributed by atoms with Gasteiger partial charge in [-0.05, 0) is 41.8 Å². The van der Waals surface area contributed by atoms with Crippen LogP contribution in [0.25, 0.3) is 0 Å². The van der Waals surface area contributed by atoms with Gasteiger partial charge >= 0.3 is 5.97 Å². The Bertz CT molecular complexity index is 1380. The van der Waals surface area contributed by atoms with Gasteiger partial charge in [0.2, 0.25) is 5.91 Å². The number of nitrogens with two attached hydrogens (primary N) is 1. The molecule has 1 fully saturated rings. The largest absolute Gasteiger partial charge is 0.497 e. The van der Waals surface area contributed by atoms with Crippen molar-refractivity contribution in [2.45, 2.75) is 31.4 Å². The summed E-state index contributed by atoms with van der Waals surface area (Å²) in [5.74, 6) is -0.509. The fourth-order valence-electron chi connectivity index (χ4n) is 4.84. The van der Waals surface area contributed by atoms with Gasteiger partial charge in [-0.2, -0.15) is 0 Å². The molecule has 4 rings (SSSR count). The van der Waals surface area contributed by atoms with Gasteiger partial charge in [-0.25, -0.2) is 4.79 Å². The third-order valence-electron chi connectivity index (χ3n) is 7.41. The number of quaternary nitrogens is 1. The molecule has 0 aliphatic carbocycles. The Hall–Kier alpha value is -4.09. The van der Waals surface area contributed by atoms with Crippen LogP contribution in [0.1, 0.15) is 18.1 Å². The van der Waals surface area contributed by atoms with Crippen molar-refractivity contribution in [3.8, 4) is 5.75 Å². The van der Waals surface area contributed by atoms with E-state index in [2.05, 4.69) is 5.32 Å². The molecule has 0 spiro atoms. The number of thioether (sulfide) groups is 1. The number of nitrogens with one attached hydrogen (secondary N) is 1. The van der Waals surface area contributed by atoms with Crippen LogP contribution in [0, 0.1) is 0 Å². The molecule has 0 aromatic heterocycles. The van der Waals surface area contributed by atoms with Crippen molar-refractivity contribution in [1.29, 1.82) is 0 Å². The predicted molar refractivity (Wildman–Crippen MR) is 160 cm³/mol. The lowest BCUT2D eigenvalue weighted by Gasteiger charge is -2.49. The summed E-state index contributed by atoms with van der Waals surface area (Å²) in [5.41, 5.74) is 7.87. The van der Waals surface area contributed by atoms with Gasteiger partial charge in [0.05, 0.1) is 33.7 Å². The first kappa shape index (κ1) is 30.9. The van der Waals surface area contributed by atoms with E-state index in [4.69, 9.17) is 15.2 Å². The molecule has 3 atom stereocenters. The number of carbonyl (C=O) groups excluding carboxylic acids is 4. The summed E-state index contributed by atoms with van der Waals surface area (Å²) >= 11 is 1.48. The lowest BCUT2D eigenvalue weighted by molar-refractivity contribution is -0.894. The highest BCUT2D eigenvalue weighted by atomic mass is 32.2. The van der Waals surface area contributed by atoms with Crippen LogP contribution >= 0.6 is 11.8 Å². The molecule has 1 saturated heterocycles. The minimum absolute atomic E-state index is 0.0177. The van der Waals surface area contributed by atoms with Crippen LogP contribution in [0.5, 0.6) is 5.75 Å². The quantitative estimate of drug-likeness (QED) is 0.207. The molecule has 0 bridgehead atoms. The summed E-state index contributed by atoms with van der Waals surface area (Å²) in [7, 11) is 3.51. The van der Waals surface area contributed by atoms with E-state index in [-0.39, 0.29) is 37.1 Å². The Balaban J connectivity index is 1.52. The second kappa shape index (κ2) is 13.7. The highest BCUT2D eigenvalue weighted by Crippen LogP contribution is 2.41. The standard InChI is InChI=1S/C31H36N4O6S/c1-4-35(2,18-25(32)36)16-8-11-23-20-42-30-27(33-26(37)17-21-9-6-5-7-10-21)29(38)34(30)28(23)31(39)41-19-22-12-14-24(40-3)15-13-22/h5-15,27,30H,4,16-20H2,1-3H3,(H2-,32,33,36,37)/p+1/b11-8+/t27-,30-,35?/m1/s1. The number of likely N-dealkylation sites (N-methyl/N-ethyl adjacent to an activating group) is 1. The summed E-state index contributed by atoms with van der Waals surface area (Å²) < 4.78 is 11.3. The second-order valence-corrected chi connectivity index (χ2v) is 11.7. The lowest BCUT2D eigenvalue weighted by atomic mass is 10.0. The Kier molecular flexibility index (Phi) is 10.1. The number of hydrogen-bond donors (Lipinski definition) is 2. The van der Waals surface area contributed by atoms with E-state index in [9.17, 15) is 19.2 Å². The van der Waals surface area contributed by atoms with E-state index in [1.165, 1.54) is 16.7 Å². The van der Waals surface area contributed by atoms with Crippen LogP contribution in [0.15, 0.2) is 78.0 Å². The van der Waals surface area contributed by atoms with Gasteiger partial charge in [-0.1, -0.05) is 48.5 Å². The minimum Gasteiger partial charge on any atom is -0.497 e. The molecular formula is C31H37N4O6S+. The topological polar surface area (TPSA) is 128 Å². The highest BCUT2D eigenvalue weighted by Gasteiger charge is 2.54. The molecule has 42 heavy (non-hydrogen) atoms. The summed E-state index contributed by atoms with van der Waals surface area (Å²) in [4.78, 5) is 52.5. The van der Waals surface area contributed by atoms with Gasteiger partial charge in [0.15, 0.2) is 6.54 Å². The predicted octanol–water partition coefficient (Wildman–Crippen LogP) is 2.14. The molecule has 11 heteroatoms. The van der Waals surface area contributed by atoms with Gasteiger partial charge in [-0.3, -0.25) is 19.3 Å². The third kappa shape index (κ3) is 7.40. The Labute approximate surface area is 250 Å². The van der Waals surface area contributed by atoms with Crippen molar-refractivity contribution in [2.75, 3.05) is 39.5 Å². The molecular weight excluding hydrogens is 556 g/mol. The smallest absolute Gasteiger partial charge is 0.355 e. The van der Waals surface area contributed by atoms with Crippen LogP contribution in [0.2, 0.25) is 0 Å². The molecule has 1 unspecified atom stereocenters. The lowest BCUT2D eigenvalue weighted by Crippen LogP contribution is -2.70. The maximum absolute atomic E-state index is 13.5. The van der Waals surface area contributed by atoms with Crippen LogP contribution in [-0.4, -0.2) is 84.0 Å². The molecule has 0 saturated carbocycles. The molecule has 2 aliphatic heterocycles. The van der Waals surface area contributed by atoms with Crippen LogP contribution < -0.4 is 15.8 Å². The monoisotopic (exact) mass is 593 g/mol. The fraction of sp³-hybridized carbons (Fsp3) is 0.355. The maximum Gasteiger partial charge on any atom is 0.355 e. The fourth-order valence-corrected chi connectivity index (χ4v) is 6.15. The second-order valence-electron chi connectivity index (χ2n) is 10.6. The number of allylic oxidation sites excluding steroid dienone is 1. The number of primary amides is 1. The number of nitrogens with zero attached hydrogens (tertiary/aromatic N) is 2. The average Bonchev–Trinajstić information content (AvgIpc) is 2.98. The number of carbonyl (C=O) groups is 4. The number of methoxy groups -OCH3 is 1. The number of β-lactam (4-membered cyclic amide) rings is 1. The van der Waals surface area contributed by atoms with Gasteiger partial charge < -0.3 is 25.0 Å². The molecule has 222 valence electrons. The first-order valence-corrected chi connectivity index (χ1v) is 14.8. The van der Waals surface area contributed by atoms with E-state index in [1.807, 2.05) is 56.5 Å². The zero-order chi connectivity index (χ0) is 30.3. The number of ether oxygens (including phenoxy) is 2. The van der Waals surface area contributed by atoms with Crippen molar-refractivity contribution in [3.05, 3.63) is 89.1 Å². The Morgan fingerprint density at radius 3 is 2.48 bits per heavy atom. The number of rotatable bonds is 13. The summed E-state index contributed by atoms with van der Waals surface area (Å²) in [6, 6.07) is 15.7. The van der Waals surface area contributed by atoms with Crippen molar-refractivity contribution < 1.29 is 33.1 Å². The van der Waals surface area contributed by atoms with E-state index in [1.54, 1.807) is 31.4 Å². The van der Waals surface area contributed by atoms with Crippen molar-refractivity contribution in [3.63, 3.8) is 0 Å².